The molecule has 30 heavy (non-hydrogen) atoms. The standard InChI is InChI=1S/C23H23ClN2O3S/c1-18(19-8-4-2-5-9-19)16-25-23(27)17-26(21-14-12-20(24)13-15-21)30(28,29)22-10-6-3-7-11-22/h2-15,18H,16-17H2,1H3,(H,25,27)/t18-/m0/s1. The van der Waals surface area contributed by atoms with Gasteiger partial charge >= 0.3 is 0 Å². The Hall–Kier alpha value is -2.83. The van der Waals surface area contributed by atoms with Crippen molar-refractivity contribution in [1.82, 2.24) is 5.32 Å². The Balaban J connectivity index is 1.79. The number of nitrogens with one attached hydrogen (secondary N) is 1. The molecule has 0 spiro atoms. The van der Waals surface area contributed by atoms with Crippen LogP contribution in [-0.2, 0) is 14.8 Å². The third kappa shape index (κ3) is 5.40. The molecule has 5 nitrogen and oxygen atoms in total. The zero-order valence-corrected chi connectivity index (χ0v) is 18.1. The molecule has 1 N–H and O–H groups in total. The zero-order chi connectivity index (χ0) is 21.6. The third-order valence-corrected chi connectivity index (χ3v) is 6.75. The fraction of sp³-hybridized carbons (Fsp3) is 0.174. The van der Waals surface area contributed by atoms with Crippen molar-refractivity contribution >= 4 is 33.2 Å². The summed E-state index contributed by atoms with van der Waals surface area (Å²) in [6, 6.07) is 24.2. The van der Waals surface area contributed by atoms with Crippen LogP contribution in [0.1, 0.15) is 18.4 Å². The van der Waals surface area contributed by atoms with E-state index in [2.05, 4.69) is 5.32 Å². The molecule has 0 aliphatic heterocycles. The van der Waals surface area contributed by atoms with Crippen molar-refractivity contribution < 1.29 is 13.2 Å². The quantitative estimate of drug-likeness (QED) is 0.560. The molecule has 0 unspecified atom stereocenters. The molecule has 0 aromatic heterocycles. The molecule has 1 atom stereocenters. The van der Waals surface area contributed by atoms with E-state index in [1.807, 2.05) is 37.3 Å². The zero-order valence-electron chi connectivity index (χ0n) is 16.5. The van der Waals surface area contributed by atoms with Crippen LogP contribution >= 0.6 is 11.6 Å². The number of hydrogen-bond donors (Lipinski definition) is 1. The van der Waals surface area contributed by atoms with Gasteiger partial charge < -0.3 is 5.32 Å². The van der Waals surface area contributed by atoms with Crippen LogP contribution < -0.4 is 9.62 Å². The topological polar surface area (TPSA) is 66.5 Å². The van der Waals surface area contributed by atoms with E-state index in [0.717, 1.165) is 9.87 Å². The van der Waals surface area contributed by atoms with Gasteiger partial charge in [-0.15, -0.1) is 0 Å². The lowest BCUT2D eigenvalue weighted by Gasteiger charge is -2.24. The van der Waals surface area contributed by atoms with E-state index in [1.165, 1.54) is 12.1 Å². The van der Waals surface area contributed by atoms with Crippen LogP contribution in [0.2, 0.25) is 5.02 Å². The van der Waals surface area contributed by atoms with E-state index < -0.39 is 10.0 Å². The number of amides is 1. The number of halogens is 1. The molecule has 0 radical (unpaired) electrons. The molecule has 0 fully saturated rings. The predicted molar refractivity (Wildman–Crippen MR) is 120 cm³/mol. The maximum absolute atomic E-state index is 13.2. The molecule has 3 aromatic carbocycles. The summed E-state index contributed by atoms with van der Waals surface area (Å²) in [5.74, 6) is -0.280. The van der Waals surface area contributed by atoms with Crippen LogP contribution in [0.3, 0.4) is 0 Å². The van der Waals surface area contributed by atoms with Crippen LogP contribution in [0.5, 0.6) is 0 Å². The summed E-state index contributed by atoms with van der Waals surface area (Å²) in [6.07, 6.45) is 0. The molecule has 0 bridgehead atoms. The van der Waals surface area contributed by atoms with Gasteiger partial charge in [-0.25, -0.2) is 8.42 Å². The number of rotatable bonds is 8. The van der Waals surface area contributed by atoms with Gasteiger partial charge in [-0.2, -0.15) is 0 Å². The maximum Gasteiger partial charge on any atom is 0.264 e. The normalized spacial score (nSPS) is 12.2. The first-order valence-corrected chi connectivity index (χ1v) is 11.3. The van der Waals surface area contributed by atoms with Crippen LogP contribution in [-0.4, -0.2) is 27.4 Å². The summed E-state index contributed by atoms with van der Waals surface area (Å²) in [6.45, 7) is 2.08. The number of nitrogens with zero attached hydrogens (tertiary/aromatic N) is 1. The molecule has 0 aliphatic carbocycles. The Morgan fingerprint density at radius 3 is 2.10 bits per heavy atom. The highest BCUT2D eigenvalue weighted by Gasteiger charge is 2.27. The summed E-state index contributed by atoms with van der Waals surface area (Å²) in [4.78, 5) is 12.8. The largest absolute Gasteiger partial charge is 0.354 e. The first-order chi connectivity index (χ1) is 14.4. The minimum atomic E-state index is -3.92. The Morgan fingerprint density at radius 1 is 0.933 bits per heavy atom. The average Bonchev–Trinajstić information content (AvgIpc) is 2.77. The lowest BCUT2D eigenvalue weighted by atomic mass is 10.0. The molecule has 0 heterocycles. The Bertz CT molecular complexity index is 1070. The van der Waals surface area contributed by atoms with Crippen molar-refractivity contribution in [2.24, 2.45) is 0 Å². The van der Waals surface area contributed by atoms with Gasteiger partial charge in [-0.05, 0) is 47.9 Å². The highest BCUT2D eigenvalue weighted by molar-refractivity contribution is 7.92. The molecule has 156 valence electrons. The smallest absolute Gasteiger partial charge is 0.264 e. The van der Waals surface area contributed by atoms with E-state index in [1.54, 1.807) is 42.5 Å². The van der Waals surface area contributed by atoms with E-state index in [9.17, 15) is 13.2 Å². The Morgan fingerprint density at radius 2 is 1.50 bits per heavy atom. The number of carbonyl (C=O) groups is 1. The van der Waals surface area contributed by atoms with Gasteiger partial charge in [0.05, 0.1) is 10.6 Å². The summed E-state index contributed by atoms with van der Waals surface area (Å²) >= 11 is 5.95. The number of sulfonamides is 1. The Labute approximate surface area is 182 Å². The fourth-order valence-corrected chi connectivity index (χ4v) is 4.56. The van der Waals surface area contributed by atoms with Gasteiger partial charge in [-0.1, -0.05) is 67.1 Å². The first-order valence-electron chi connectivity index (χ1n) is 9.53. The van der Waals surface area contributed by atoms with Gasteiger partial charge in [0.25, 0.3) is 10.0 Å². The van der Waals surface area contributed by atoms with Crippen molar-refractivity contribution in [3.63, 3.8) is 0 Å². The molecular weight excluding hydrogens is 420 g/mol. The van der Waals surface area contributed by atoms with Crippen molar-refractivity contribution in [3.8, 4) is 0 Å². The number of hydrogen-bond acceptors (Lipinski definition) is 3. The van der Waals surface area contributed by atoms with Crippen molar-refractivity contribution in [1.29, 1.82) is 0 Å². The van der Waals surface area contributed by atoms with Crippen LogP contribution in [0.25, 0.3) is 0 Å². The molecule has 0 saturated carbocycles. The SMILES string of the molecule is C[C@@H](CNC(=O)CN(c1ccc(Cl)cc1)S(=O)(=O)c1ccccc1)c1ccccc1. The van der Waals surface area contributed by atoms with Gasteiger partial charge in [0.2, 0.25) is 5.91 Å². The second kappa shape index (κ2) is 9.78. The van der Waals surface area contributed by atoms with E-state index in [4.69, 9.17) is 11.6 Å². The molecule has 7 heteroatoms. The predicted octanol–water partition coefficient (Wildman–Crippen LogP) is 4.46. The summed E-state index contributed by atoms with van der Waals surface area (Å²) in [7, 11) is -3.92. The second-order valence-corrected chi connectivity index (χ2v) is 9.22. The number of anilines is 1. The van der Waals surface area contributed by atoms with Crippen LogP contribution in [0.15, 0.2) is 89.8 Å². The lowest BCUT2D eigenvalue weighted by molar-refractivity contribution is -0.119. The monoisotopic (exact) mass is 442 g/mol. The molecular formula is C23H23ClN2O3S. The first kappa shape index (κ1) is 21.9. The van der Waals surface area contributed by atoms with Gasteiger partial charge in [0.15, 0.2) is 0 Å². The fourth-order valence-electron chi connectivity index (χ4n) is 2.99. The minimum absolute atomic E-state index is 0.102. The molecule has 0 aliphatic rings. The summed E-state index contributed by atoms with van der Waals surface area (Å²) in [5.41, 5.74) is 1.47. The third-order valence-electron chi connectivity index (χ3n) is 4.71. The van der Waals surface area contributed by atoms with Gasteiger partial charge in [0.1, 0.15) is 6.54 Å². The van der Waals surface area contributed by atoms with Gasteiger partial charge in [-0.3, -0.25) is 9.10 Å². The highest BCUT2D eigenvalue weighted by atomic mass is 35.5. The van der Waals surface area contributed by atoms with Crippen molar-refractivity contribution in [2.75, 3.05) is 17.4 Å². The maximum atomic E-state index is 13.2. The number of benzene rings is 3. The second-order valence-electron chi connectivity index (χ2n) is 6.92. The molecule has 0 saturated heterocycles. The van der Waals surface area contributed by atoms with Crippen molar-refractivity contribution in [3.05, 3.63) is 95.5 Å². The molecule has 3 aromatic rings. The Kier molecular flexibility index (Phi) is 7.13. The van der Waals surface area contributed by atoms with Crippen LogP contribution in [0.4, 0.5) is 5.69 Å². The number of carbonyl (C=O) groups excluding carboxylic acids is 1. The van der Waals surface area contributed by atoms with Crippen molar-refractivity contribution in [2.45, 2.75) is 17.7 Å². The van der Waals surface area contributed by atoms with Gasteiger partial charge in [0, 0.05) is 11.6 Å². The summed E-state index contributed by atoms with van der Waals surface area (Å²) < 4.78 is 27.5. The van der Waals surface area contributed by atoms with Crippen LogP contribution in [0, 0.1) is 0 Å². The average molecular weight is 443 g/mol. The van der Waals surface area contributed by atoms with E-state index >= 15 is 0 Å². The van der Waals surface area contributed by atoms with E-state index in [-0.39, 0.29) is 23.3 Å². The van der Waals surface area contributed by atoms with E-state index in [0.29, 0.717) is 17.3 Å². The highest BCUT2D eigenvalue weighted by Crippen LogP contribution is 2.25. The molecule has 3 rings (SSSR count). The lowest BCUT2D eigenvalue weighted by Crippen LogP contribution is -2.41. The molecule has 1 amide bonds. The summed E-state index contributed by atoms with van der Waals surface area (Å²) in [5, 5.41) is 3.33. The minimum Gasteiger partial charge on any atom is -0.354 e.